The highest BCUT2D eigenvalue weighted by molar-refractivity contribution is 7.10. The first-order valence-electron chi connectivity index (χ1n) is 12.9. The van der Waals surface area contributed by atoms with Gasteiger partial charge in [-0.05, 0) is 31.7 Å². The predicted molar refractivity (Wildman–Crippen MR) is 146 cm³/mol. The topological polar surface area (TPSA) is 105 Å². The van der Waals surface area contributed by atoms with Crippen molar-refractivity contribution in [3.05, 3.63) is 63.9 Å². The first kappa shape index (κ1) is 24.9. The fourth-order valence-electron chi connectivity index (χ4n) is 5.34. The van der Waals surface area contributed by atoms with Crippen molar-refractivity contribution in [2.75, 3.05) is 31.1 Å². The van der Waals surface area contributed by atoms with Crippen molar-refractivity contribution in [1.29, 1.82) is 0 Å². The third-order valence-corrected chi connectivity index (χ3v) is 9.04. The zero-order valence-electron chi connectivity index (χ0n) is 21.1. The van der Waals surface area contributed by atoms with Crippen molar-refractivity contribution in [2.24, 2.45) is 0 Å². The predicted octanol–water partition coefficient (Wildman–Crippen LogP) is 4.74. The van der Waals surface area contributed by atoms with Gasteiger partial charge >= 0.3 is 0 Å². The van der Waals surface area contributed by atoms with Gasteiger partial charge in [-0.25, -0.2) is 9.97 Å². The van der Waals surface area contributed by atoms with Gasteiger partial charge < -0.3 is 14.3 Å². The molecule has 1 amide bonds. The van der Waals surface area contributed by atoms with Crippen molar-refractivity contribution in [1.82, 2.24) is 24.4 Å². The lowest BCUT2D eigenvalue weighted by atomic mass is 9.68. The number of carbonyl (C=O) groups is 2. The van der Waals surface area contributed by atoms with Gasteiger partial charge in [-0.15, -0.1) is 11.3 Å². The van der Waals surface area contributed by atoms with E-state index >= 15 is 0 Å². The smallest absolute Gasteiger partial charge is 0.276 e. The highest BCUT2D eigenvalue weighted by atomic mass is 32.1. The van der Waals surface area contributed by atoms with Crippen LogP contribution < -0.4 is 4.90 Å². The van der Waals surface area contributed by atoms with Gasteiger partial charge in [-0.3, -0.25) is 9.59 Å². The minimum atomic E-state index is -0.335. The molecule has 0 bridgehead atoms. The van der Waals surface area contributed by atoms with Crippen LogP contribution in [0.15, 0.2) is 46.3 Å². The number of hydrogen-bond donors (Lipinski definition) is 0. The summed E-state index contributed by atoms with van der Waals surface area (Å²) in [6.07, 6.45) is 3.38. The van der Waals surface area contributed by atoms with E-state index in [1.807, 2.05) is 35.4 Å². The lowest BCUT2D eigenvalue weighted by Gasteiger charge is -2.35. The number of Topliss-reactive ketones (excluding diaryl/α,β-unsaturated/α-hetero) is 1. The molecule has 4 aromatic rings. The maximum absolute atomic E-state index is 13.2. The van der Waals surface area contributed by atoms with E-state index in [1.165, 1.54) is 28.4 Å². The number of nitrogens with zero attached hydrogens (tertiary/aromatic N) is 6. The quantitative estimate of drug-likeness (QED) is 0.352. The molecule has 38 heavy (non-hydrogen) atoms. The number of aromatic nitrogens is 4. The third kappa shape index (κ3) is 4.76. The largest absolute Gasteiger partial charge is 0.354 e. The first-order chi connectivity index (χ1) is 18.5. The van der Waals surface area contributed by atoms with Gasteiger partial charge in [0.05, 0.1) is 10.4 Å². The monoisotopic (exact) mass is 548 g/mol. The number of benzene rings is 1. The molecule has 1 saturated heterocycles. The molecule has 0 N–H and O–H groups in total. The van der Waals surface area contributed by atoms with Crippen LogP contribution in [0.1, 0.15) is 59.0 Å². The SMILES string of the molecule is Cc1nc(-c2cc(C(=O)N3CCCN(c4nc(C5(c6ccccc6)CCC(=O)CC5)ns4)CC3)no2)cs1. The van der Waals surface area contributed by atoms with Gasteiger partial charge in [0.1, 0.15) is 11.5 Å². The average Bonchev–Trinajstić information content (AvgIpc) is 3.68. The van der Waals surface area contributed by atoms with Crippen LogP contribution in [-0.4, -0.2) is 62.3 Å². The Bertz CT molecular complexity index is 1440. The fraction of sp³-hybridized carbons (Fsp3) is 0.407. The molecule has 6 rings (SSSR count). The summed E-state index contributed by atoms with van der Waals surface area (Å²) in [7, 11) is 0. The van der Waals surface area contributed by atoms with Crippen LogP contribution in [0.4, 0.5) is 5.13 Å². The molecule has 2 fully saturated rings. The average molecular weight is 549 g/mol. The Morgan fingerprint density at radius 2 is 1.87 bits per heavy atom. The Hall–Kier alpha value is -3.44. The van der Waals surface area contributed by atoms with E-state index in [4.69, 9.17) is 13.9 Å². The Morgan fingerprint density at radius 1 is 1.05 bits per heavy atom. The van der Waals surface area contributed by atoms with Crippen LogP contribution in [0, 0.1) is 6.92 Å². The molecule has 1 aliphatic heterocycles. The normalized spacial score (nSPS) is 18.0. The van der Waals surface area contributed by atoms with Crippen LogP contribution in [-0.2, 0) is 10.2 Å². The standard InChI is InChI=1S/C27H28N6O3S2/c1-18-28-22(17-37-18)23-16-21(30-36-23)24(35)32-12-5-13-33(15-14-32)26-29-25(31-38-26)27(10-8-20(34)9-11-27)19-6-3-2-4-7-19/h2-4,6-7,16-17H,5,8-15H2,1H3. The van der Waals surface area contributed by atoms with Gasteiger partial charge in [0.25, 0.3) is 5.91 Å². The number of aryl methyl sites for hydroxylation is 1. The lowest BCUT2D eigenvalue weighted by Crippen LogP contribution is -2.36. The molecular formula is C27H28N6O3S2. The molecule has 0 unspecified atom stereocenters. The number of ketones is 1. The Morgan fingerprint density at radius 3 is 2.63 bits per heavy atom. The molecule has 4 heterocycles. The highest BCUT2D eigenvalue weighted by Crippen LogP contribution is 2.43. The van der Waals surface area contributed by atoms with Crippen LogP contribution in [0.3, 0.4) is 0 Å². The van der Waals surface area contributed by atoms with E-state index in [2.05, 4.69) is 27.2 Å². The van der Waals surface area contributed by atoms with E-state index in [0.717, 1.165) is 41.8 Å². The Labute approximate surface area is 228 Å². The minimum Gasteiger partial charge on any atom is -0.354 e. The summed E-state index contributed by atoms with van der Waals surface area (Å²) < 4.78 is 10.2. The Kier molecular flexibility index (Phi) is 6.79. The number of thiazole rings is 1. The Balaban J connectivity index is 1.16. The summed E-state index contributed by atoms with van der Waals surface area (Å²) in [6.45, 7) is 4.57. The van der Waals surface area contributed by atoms with Gasteiger partial charge in [-0.2, -0.15) is 4.37 Å². The second kappa shape index (κ2) is 10.4. The second-order valence-corrected chi connectivity index (χ2v) is 11.6. The molecule has 11 heteroatoms. The lowest BCUT2D eigenvalue weighted by molar-refractivity contribution is -0.121. The zero-order valence-corrected chi connectivity index (χ0v) is 22.8. The van der Waals surface area contributed by atoms with Crippen LogP contribution in [0.5, 0.6) is 0 Å². The van der Waals surface area contributed by atoms with Crippen molar-refractivity contribution in [3.63, 3.8) is 0 Å². The van der Waals surface area contributed by atoms with Crippen molar-refractivity contribution < 1.29 is 14.1 Å². The number of amides is 1. The van der Waals surface area contributed by atoms with E-state index in [9.17, 15) is 9.59 Å². The number of anilines is 1. The molecule has 2 aliphatic rings. The summed E-state index contributed by atoms with van der Waals surface area (Å²) in [5.74, 6) is 1.49. The second-order valence-electron chi connectivity index (χ2n) is 9.85. The summed E-state index contributed by atoms with van der Waals surface area (Å²) >= 11 is 2.94. The van der Waals surface area contributed by atoms with Crippen LogP contribution in [0.2, 0.25) is 0 Å². The zero-order chi connectivity index (χ0) is 26.1. The van der Waals surface area contributed by atoms with E-state index < -0.39 is 0 Å². The van der Waals surface area contributed by atoms with Gasteiger partial charge in [0.2, 0.25) is 5.13 Å². The molecule has 0 radical (unpaired) electrons. The maximum atomic E-state index is 13.2. The molecule has 1 aromatic carbocycles. The summed E-state index contributed by atoms with van der Waals surface area (Å²) in [5, 5.41) is 7.72. The van der Waals surface area contributed by atoms with Gasteiger partial charge in [0.15, 0.2) is 17.3 Å². The van der Waals surface area contributed by atoms with E-state index in [0.29, 0.717) is 55.4 Å². The van der Waals surface area contributed by atoms with Gasteiger partial charge in [-0.1, -0.05) is 35.5 Å². The molecule has 0 spiro atoms. The van der Waals surface area contributed by atoms with Gasteiger partial charge in [0, 0.05) is 62.0 Å². The molecule has 1 saturated carbocycles. The molecule has 196 valence electrons. The molecule has 3 aromatic heterocycles. The van der Waals surface area contributed by atoms with Crippen molar-refractivity contribution in [3.8, 4) is 11.5 Å². The van der Waals surface area contributed by atoms with E-state index in [1.54, 1.807) is 6.07 Å². The van der Waals surface area contributed by atoms with Crippen LogP contribution >= 0.6 is 22.9 Å². The van der Waals surface area contributed by atoms with Crippen molar-refractivity contribution >= 4 is 39.7 Å². The first-order valence-corrected chi connectivity index (χ1v) is 14.5. The maximum Gasteiger partial charge on any atom is 0.276 e. The molecule has 0 atom stereocenters. The number of rotatable bonds is 5. The summed E-state index contributed by atoms with van der Waals surface area (Å²) in [6, 6.07) is 12.0. The summed E-state index contributed by atoms with van der Waals surface area (Å²) in [4.78, 5) is 38.8. The van der Waals surface area contributed by atoms with Crippen LogP contribution in [0.25, 0.3) is 11.5 Å². The highest BCUT2D eigenvalue weighted by Gasteiger charge is 2.41. The van der Waals surface area contributed by atoms with E-state index in [-0.39, 0.29) is 11.3 Å². The number of hydrogen-bond acceptors (Lipinski definition) is 10. The molecule has 9 nitrogen and oxygen atoms in total. The third-order valence-electron chi connectivity index (χ3n) is 7.49. The minimum absolute atomic E-state index is 0.137. The molecular weight excluding hydrogens is 520 g/mol. The summed E-state index contributed by atoms with van der Waals surface area (Å²) in [5.41, 5.74) is 1.83. The number of carbonyl (C=O) groups excluding carboxylic acids is 2. The van der Waals surface area contributed by atoms with Crippen molar-refractivity contribution in [2.45, 2.75) is 44.4 Å². The fourth-order valence-corrected chi connectivity index (χ4v) is 6.75. The molecule has 1 aliphatic carbocycles.